The zero-order valence-electron chi connectivity index (χ0n) is 14.5. The van der Waals surface area contributed by atoms with Crippen molar-refractivity contribution < 1.29 is 9.53 Å². The van der Waals surface area contributed by atoms with Gasteiger partial charge in [-0.2, -0.15) is 15.2 Å². The summed E-state index contributed by atoms with van der Waals surface area (Å²) < 4.78 is 7.11. The van der Waals surface area contributed by atoms with Crippen LogP contribution in [-0.2, 0) is 0 Å². The van der Waals surface area contributed by atoms with Crippen molar-refractivity contribution in [1.82, 2.24) is 25.0 Å². The first-order valence-corrected chi connectivity index (χ1v) is 8.21. The van der Waals surface area contributed by atoms with E-state index >= 15 is 0 Å². The van der Waals surface area contributed by atoms with Crippen LogP contribution in [0, 0.1) is 0 Å². The van der Waals surface area contributed by atoms with Gasteiger partial charge in [-0.3, -0.25) is 10.1 Å². The molecule has 8 nitrogen and oxygen atoms in total. The molecule has 0 spiro atoms. The number of rotatable bonds is 5. The van der Waals surface area contributed by atoms with Crippen LogP contribution in [0.5, 0.6) is 5.75 Å². The maximum atomic E-state index is 12.9. The van der Waals surface area contributed by atoms with Crippen molar-refractivity contribution in [2.75, 3.05) is 12.4 Å². The standard InChI is InChI=1S/C19H16N6O2/c1-27-16-10-6-5-9-14(16)17-15(18(26)22-19-20-12-21-23-19)11-25(24-17)13-7-3-2-4-8-13/h2-12H,1H3,(H2,20,21,22,23,26). The summed E-state index contributed by atoms with van der Waals surface area (Å²) in [5.74, 6) is 0.540. The molecule has 2 aromatic carbocycles. The van der Waals surface area contributed by atoms with Gasteiger partial charge in [-0.1, -0.05) is 30.3 Å². The summed E-state index contributed by atoms with van der Waals surface area (Å²) in [4.78, 5) is 16.8. The molecule has 27 heavy (non-hydrogen) atoms. The lowest BCUT2D eigenvalue weighted by Gasteiger charge is -2.07. The van der Waals surface area contributed by atoms with E-state index in [1.54, 1.807) is 18.0 Å². The van der Waals surface area contributed by atoms with E-state index in [4.69, 9.17) is 4.74 Å². The van der Waals surface area contributed by atoms with Gasteiger partial charge in [-0.15, -0.1) is 0 Å². The number of aromatic amines is 1. The average Bonchev–Trinajstić information content (AvgIpc) is 3.38. The fraction of sp³-hybridized carbons (Fsp3) is 0.0526. The molecule has 4 aromatic rings. The van der Waals surface area contributed by atoms with Crippen molar-refractivity contribution in [3.63, 3.8) is 0 Å². The van der Waals surface area contributed by atoms with E-state index in [0.29, 0.717) is 17.0 Å². The number of nitrogens with zero attached hydrogens (tertiary/aromatic N) is 4. The number of hydrogen-bond donors (Lipinski definition) is 2. The quantitative estimate of drug-likeness (QED) is 0.570. The van der Waals surface area contributed by atoms with E-state index in [1.165, 1.54) is 6.33 Å². The highest BCUT2D eigenvalue weighted by atomic mass is 16.5. The van der Waals surface area contributed by atoms with Gasteiger partial charge in [0.2, 0.25) is 5.95 Å². The van der Waals surface area contributed by atoms with Crippen molar-refractivity contribution in [1.29, 1.82) is 0 Å². The molecule has 0 saturated carbocycles. The fourth-order valence-corrected chi connectivity index (χ4v) is 2.73. The van der Waals surface area contributed by atoms with Gasteiger partial charge in [0, 0.05) is 11.8 Å². The topological polar surface area (TPSA) is 97.7 Å². The number of benzene rings is 2. The number of aromatic nitrogens is 5. The number of carbonyl (C=O) groups is 1. The Balaban J connectivity index is 1.82. The van der Waals surface area contributed by atoms with E-state index in [9.17, 15) is 4.79 Å². The lowest BCUT2D eigenvalue weighted by atomic mass is 10.1. The maximum absolute atomic E-state index is 12.9. The van der Waals surface area contributed by atoms with Gasteiger partial charge in [-0.25, -0.2) is 9.78 Å². The van der Waals surface area contributed by atoms with Crippen LogP contribution in [0.15, 0.2) is 67.1 Å². The number of ether oxygens (including phenoxy) is 1. The SMILES string of the molecule is COc1ccccc1-c1nn(-c2ccccc2)cc1C(=O)Nc1ncn[nH]1. The van der Waals surface area contributed by atoms with E-state index < -0.39 is 0 Å². The Morgan fingerprint density at radius 1 is 1.11 bits per heavy atom. The largest absolute Gasteiger partial charge is 0.496 e. The first-order chi connectivity index (χ1) is 13.3. The maximum Gasteiger partial charge on any atom is 0.261 e. The second-order valence-corrected chi connectivity index (χ2v) is 5.66. The van der Waals surface area contributed by atoms with Crippen molar-refractivity contribution in [3.05, 3.63) is 72.7 Å². The van der Waals surface area contributed by atoms with Crippen molar-refractivity contribution in [2.24, 2.45) is 0 Å². The minimum absolute atomic E-state index is 0.262. The molecule has 0 bridgehead atoms. The van der Waals surface area contributed by atoms with E-state index in [1.807, 2.05) is 54.6 Å². The number of carbonyl (C=O) groups excluding carboxylic acids is 1. The molecule has 0 radical (unpaired) electrons. The molecule has 1 amide bonds. The molecule has 0 aliphatic rings. The number of anilines is 1. The summed E-state index contributed by atoms with van der Waals surface area (Å²) in [5, 5.41) is 13.7. The molecule has 2 N–H and O–H groups in total. The Bertz CT molecular complexity index is 1060. The molecular weight excluding hydrogens is 344 g/mol. The zero-order valence-corrected chi connectivity index (χ0v) is 14.5. The summed E-state index contributed by atoms with van der Waals surface area (Å²) >= 11 is 0. The van der Waals surface area contributed by atoms with E-state index in [2.05, 4.69) is 25.6 Å². The smallest absolute Gasteiger partial charge is 0.261 e. The number of amides is 1. The third-order valence-electron chi connectivity index (χ3n) is 3.99. The normalized spacial score (nSPS) is 10.6. The van der Waals surface area contributed by atoms with Crippen molar-refractivity contribution in [2.45, 2.75) is 0 Å². The summed E-state index contributed by atoms with van der Waals surface area (Å²) in [5.41, 5.74) is 2.46. The second-order valence-electron chi connectivity index (χ2n) is 5.66. The molecule has 0 fully saturated rings. The summed E-state index contributed by atoms with van der Waals surface area (Å²) in [6, 6.07) is 17.0. The van der Waals surface area contributed by atoms with Crippen LogP contribution in [0.4, 0.5) is 5.95 Å². The molecule has 0 aliphatic heterocycles. The fourth-order valence-electron chi connectivity index (χ4n) is 2.73. The van der Waals surface area contributed by atoms with Crippen molar-refractivity contribution >= 4 is 11.9 Å². The summed E-state index contributed by atoms with van der Waals surface area (Å²) in [6.07, 6.45) is 3.01. The Morgan fingerprint density at radius 3 is 2.63 bits per heavy atom. The molecule has 0 unspecified atom stereocenters. The number of hydrogen-bond acceptors (Lipinski definition) is 5. The first-order valence-electron chi connectivity index (χ1n) is 8.21. The molecule has 2 heterocycles. The van der Waals surface area contributed by atoms with Gasteiger partial charge in [0.15, 0.2) is 0 Å². The zero-order chi connectivity index (χ0) is 18.6. The Hall–Kier alpha value is -3.94. The van der Waals surface area contributed by atoms with Crippen molar-refractivity contribution in [3.8, 4) is 22.7 Å². The van der Waals surface area contributed by atoms with Crippen LogP contribution in [0.25, 0.3) is 16.9 Å². The van der Waals surface area contributed by atoms with Gasteiger partial charge in [0.25, 0.3) is 5.91 Å². The van der Waals surface area contributed by atoms with Gasteiger partial charge in [0.1, 0.15) is 17.8 Å². The summed E-state index contributed by atoms with van der Waals surface area (Å²) in [7, 11) is 1.58. The van der Waals surface area contributed by atoms with E-state index in [0.717, 1.165) is 11.3 Å². The average molecular weight is 360 g/mol. The van der Waals surface area contributed by atoms with E-state index in [-0.39, 0.29) is 11.9 Å². The Morgan fingerprint density at radius 2 is 1.89 bits per heavy atom. The van der Waals surface area contributed by atoms with Crippen LogP contribution < -0.4 is 10.1 Å². The Labute approximate surface area is 154 Å². The molecule has 4 rings (SSSR count). The minimum atomic E-state index is -0.352. The third kappa shape index (κ3) is 3.28. The van der Waals surface area contributed by atoms with Crippen LogP contribution >= 0.6 is 0 Å². The lowest BCUT2D eigenvalue weighted by Crippen LogP contribution is -2.13. The highest BCUT2D eigenvalue weighted by Crippen LogP contribution is 2.32. The second kappa shape index (κ2) is 7.12. The van der Waals surface area contributed by atoms with Gasteiger partial charge in [-0.05, 0) is 24.3 Å². The number of nitrogens with one attached hydrogen (secondary N) is 2. The highest BCUT2D eigenvalue weighted by Gasteiger charge is 2.21. The molecular formula is C19H16N6O2. The lowest BCUT2D eigenvalue weighted by molar-refractivity contribution is 0.102. The summed E-state index contributed by atoms with van der Waals surface area (Å²) in [6.45, 7) is 0. The molecule has 2 aromatic heterocycles. The highest BCUT2D eigenvalue weighted by molar-refractivity contribution is 6.07. The molecule has 0 saturated heterocycles. The molecule has 8 heteroatoms. The Kier molecular flexibility index (Phi) is 4.36. The monoisotopic (exact) mass is 360 g/mol. The number of H-pyrrole nitrogens is 1. The first kappa shape index (κ1) is 16.5. The van der Waals surface area contributed by atoms with Crippen LogP contribution in [0.2, 0.25) is 0 Å². The van der Waals surface area contributed by atoms with Gasteiger partial charge < -0.3 is 4.74 Å². The number of methoxy groups -OCH3 is 1. The predicted octanol–water partition coefficient (Wildman–Crippen LogP) is 2.92. The molecule has 134 valence electrons. The molecule has 0 atom stereocenters. The van der Waals surface area contributed by atoms with Crippen LogP contribution in [0.3, 0.4) is 0 Å². The molecule has 0 aliphatic carbocycles. The number of para-hydroxylation sites is 2. The van der Waals surface area contributed by atoms with Gasteiger partial charge >= 0.3 is 0 Å². The van der Waals surface area contributed by atoms with Crippen LogP contribution in [0.1, 0.15) is 10.4 Å². The predicted molar refractivity (Wildman–Crippen MR) is 99.9 cm³/mol. The third-order valence-corrected chi connectivity index (χ3v) is 3.99. The van der Waals surface area contributed by atoms with Crippen LogP contribution in [-0.4, -0.2) is 38.0 Å². The minimum Gasteiger partial charge on any atom is -0.496 e. The van der Waals surface area contributed by atoms with Gasteiger partial charge in [0.05, 0.1) is 18.4 Å².